The summed E-state index contributed by atoms with van der Waals surface area (Å²) in [5.41, 5.74) is -0.535. The molecular formula is C13H24N2O3. The Morgan fingerprint density at radius 1 is 1.44 bits per heavy atom. The highest BCUT2D eigenvalue weighted by Gasteiger charge is 2.43. The van der Waals surface area contributed by atoms with Gasteiger partial charge in [-0.2, -0.15) is 0 Å². The number of carboxylic acid groups (broad SMARTS) is 1. The van der Waals surface area contributed by atoms with Crippen LogP contribution in [0.5, 0.6) is 0 Å². The van der Waals surface area contributed by atoms with Crippen molar-refractivity contribution in [3.63, 3.8) is 0 Å². The molecule has 0 spiro atoms. The SMILES string of the molecule is CCCC1(C(=O)N(C)C(CC)C(=O)O)CCCN1. The topological polar surface area (TPSA) is 69.6 Å². The van der Waals surface area contributed by atoms with Crippen molar-refractivity contribution in [3.8, 4) is 0 Å². The van der Waals surface area contributed by atoms with Crippen molar-refractivity contribution in [2.45, 2.75) is 57.5 Å². The fourth-order valence-electron chi connectivity index (χ4n) is 2.83. The minimum absolute atomic E-state index is 0.0731. The Morgan fingerprint density at radius 2 is 2.11 bits per heavy atom. The van der Waals surface area contributed by atoms with Gasteiger partial charge in [0.25, 0.3) is 0 Å². The molecule has 0 aliphatic carbocycles. The van der Waals surface area contributed by atoms with Crippen LogP contribution in [-0.4, -0.2) is 47.1 Å². The minimum Gasteiger partial charge on any atom is -0.480 e. The summed E-state index contributed by atoms with van der Waals surface area (Å²) in [6.07, 6.45) is 3.89. The molecule has 0 radical (unpaired) electrons. The molecule has 1 heterocycles. The second-order valence-electron chi connectivity index (χ2n) is 5.04. The molecule has 5 nitrogen and oxygen atoms in total. The number of amides is 1. The van der Waals surface area contributed by atoms with E-state index in [9.17, 15) is 9.59 Å². The van der Waals surface area contributed by atoms with Gasteiger partial charge in [-0.05, 0) is 32.2 Å². The lowest BCUT2D eigenvalue weighted by Crippen LogP contribution is -2.57. The molecule has 0 bridgehead atoms. The van der Waals surface area contributed by atoms with Gasteiger partial charge in [-0.25, -0.2) is 4.79 Å². The molecule has 104 valence electrons. The van der Waals surface area contributed by atoms with Crippen LogP contribution in [0, 0.1) is 0 Å². The van der Waals surface area contributed by atoms with Crippen LogP contribution in [0.4, 0.5) is 0 Å². The van der Waals surface area contributed by atoms with Gasteiger partial charge >= 0.3 is 5.97 Å². The highest BCUT2D eigenvalue weighted by Crippen LogP contribution is 2.27. The number of carbonyl (C=O) groups excluding carboxylic acids is 1. The molecule has 0 aromatic rings. The zero-order valence-electron chi connectivity index (χ0n) is 11.5. The molecule has 1 amide bonds. The van der Waals surface area contributed by atoms with Gasteiger partial charge in [-0.15, -0.1) is 0 Å². The number of hydrogen-bond acceptors (Lipinski definition) is 3. The Hall–Kier alpha value is -1.10. The van der Waals surface area contributed by atoms with Crippen LogP contribution in [0.3, 0.4) is 0 Å². The molecule has 5 heteroatoms. The lowest BCUT2D eigenvalue weighted by atomic mass is 9.89. The van der Waals surface area contributed by atoms with Crippen LogP contribution in [0.2, 0.25) is 0 Å². The number of carbonyl (C=O) groups is 2. The predicted molar refractivity (Wildman–Crippen MR) is 69.4 cm³/mol. The highest BCUT2D eigenvalue weighted by molar-refractivity contribution is 5.90. The molecule has 1 aliphatic rings. The summed E-state index contributed by atoms with van der Waals surface area (Å²) in [5, 5.41) is 12.4. The summed E-state index contributed by atoms with van der Waals surface area (Å²) in [5.74, 6) is -1.01. The third kappa shape index (κ3) is 2.83. The number of nitrogens with one attached hydrogen (secondary N) is 1. The number of hydrogen-bond donors (Lipinski definition) is 2. The third-order valence-corrected chi connectivity index (χ3v) is 3.79. The van der Waals surface area contributed by atoms with Gasteiger partial charge in [0.05, 0.1) is 5.54 Å². The molecule has 1 aliphatic heterocycles. The Labute approximate surface area is 109 Å². The minimum atomic E-state index is -0.932. The smallest absolute Gasteiger partial charge is 0.326 e. The van der Waals surface area contributed by atoms with E-state index in [1.807, 2.05) is 6.92 Å². The number of nitrogens with zero attached hydrogens (tertiary/aromatic N) is 1. The molecular weight excluding hydrogens is 232 g/mol. The lowest BCUT2D eigenvalue weighted by molar-refractivity contribution is -0.152. The van der Waals surface area contributed by atoms with Crippen molar-refractivity contribution in [3.05, 3.63) is 0 Å². The number of likely N-dealkylation sites (N-methyl/N-ethyl adjacent to an activating group) is 1. The van der Waals surface area contributed by atoms with Crippen molar-refractivity contribution in [2.24, 2.45) is 0 Å². The van der Waals surface area contributed by atoms with Gasteiger partial charge in [-0.1, -0.05) is 20.3 Å². The van der Waals surface area contributed by atoms with Crippen molar-refractivity contribution < 1.29 is 14.7 Å². The summed E-state index contributed by atoms with van der Waals surface area (Å²) >= 11 is 0. The van der Waals surface area contributed by atoms with Crippen molar-refractivity contribution in [1.82, 2.24) is 10.2 Å². The first kappa shape index (κ1) is 15.0. The molecule has 18 heavy (non-hydrogen) atoms. The normalized spacial score (nSPS) is 24.8. The maximum absolute atomic E-state index is 12.6. The fraction of sp³-hybridized carbons (Fsp3) is 0.846. The fourth-order valence-corrected chi connectivity index (χ4v) is 2.83. The van der Waals surface area contributed by atoms with Gasteiger partial charge in [0.2, 0.25) is 5.91 Å². The first-order chi connectivity index (χ1) is 8.48. The first-order valence-electron chi connectivity index (χ1n) is 6.73. The van der Waals surface area contributed by atoms with Crippen molar-refractivity contribution in [1.29, 1.82) is 0 Å². The summed E-state index contributed by atoms with van der Waals surface area (Å²) in [6, 6.07) is -0.728. The van der Waals surface area contributed by atoms with E-state index < -0.39 is 17.6 Å². The molecule has 2 N–H and O–H groups in total. The van der Waals surface area contributed by atoms with E-state index in [0.29, 0.717) is 6.42 Å². The maximum Gasteiger partial charge on any atom is 0.326 e. The molecule has 0 saturated carbocycles. The standard InChI is InChI=1S/C13H24N2O3/c1-4-7-13(8-6-9-14-13)12(18)15(3)10(5-2)11(16)17/h10,14H,4-9H2,1-3H3,(H,16,17). The monoisotopic (exact) mass is 256 g/mol. The van der Waals surface area contributed by atoms with Gasteiger partial charge in [0.1, 0.15) is 6.04 Å². The first-order valence-corrected chi connectivity index (χ1v) is 6.73. The molecule has 0 aromatic heterocycles. The van der Waals surface area contributed by atoms with E-state index in [4.69, 9.17) is 5.11 Å². The molecule has 1 saturated heterocycles. The van der Waals surface area contributed by atoms with E-state index in [1.165, 1.54) is 4.90 Å². The van der Waals surface area contributed by atoms with Crippen molar-refractivity contribution in [2.75, 3.05) is 13.6 Å². The zero-order chi connectivity index (χ0) is 13.8. The Morgan fingerprint density at radius 3 is 2.50 bits per heavy atom. The average Bonchev–Trinajstić information content (AvgIpc) is 2.78. The van der Waals surface area contributed by atoms with E-state index in [2.05, 4.69) is 5.32 Å². The number of rotatable bonds is 6. The Balaban J connectivity index is 2.86. The van der Waals surface area contributed by atoms with E-state index in [0.717, 1.165) is 32.2 Å². The van der Waals surface area contributed by atoms with Crippen molar-refractivity contribution >= 4 is 11.9 Å². The van der Waals surface area contributed by atoms with Gasteiger partial charge in [0, 0.05) is 7.05 Å². The van der Waals surface area contributed by atoms with Crippen LogP contribution in [0.1, 0.15) is 46.0 Å². The molecule has 2 unspecified atom stereocenters. The van der Waals surface area contributed by atoms with Gasteiger partial charge in [0.15, 0.2) is 0 Å². The third-order valence-electron chi connectivity index (χ3n) is 3.79. The second-order valence-corrected chi connectivity index (χ2v) is 5.04. The van der Waals surface area contributed by atoms with Crippen LogP contribution in [0.15, 0.2) is 0 Å². The lowest BCUT2D eigenvalue weighted by Gasteiger charge is -2.35. The Kier molecular flexibility index (Phi) is 5.14. The van der Waals surface area contributed by atoms with Gasteiger partial charge in [-0.3, -0.25) is 4.79 Å². The second kappa shape index (κ2) is 6.18. The quantitative estimate of drug-likeness (QED) is 0.750. The largest absolute Gasteiger partial charge is 0.480 e. The van der Waals surface area contributed by atoms with Crippen LogP contribution < -0.4 is 5.32 Å². The van der Waals surface area contributed by atoms with E-state index in [-0.39, 0.29) is 5.91 Å². The molecule has 0 aromatic carbocycles. The Bertz CT molecular complexity index is 311. The number of carboxylic acids is 1. The predicted octanol–water partition coefficient (Wildman–Crippen LogP) is 1.23. The molecule has 2 atom stereocenters. The van der Waals surface area contributed by atoms with Gasteiger partial charge < -0.3 is 15.3 Å². The average molecular weight is 256 g/mol. The molecule has 1 rings (SSSR count). The summed E-state index contributed by atoms with van der Waals surface area (Å²) in [4.78, 5) is 25.1. The summed E-state index contributed by atoms with van der Waals surface area (Å²) in [6.45, 7) is 4.67. The summed E-state index contributed by atoms with van der Waals surface area (Å²) < 4.78 is 0. The highest BCUT2D eigenvalue weighted by atomic mass is 16.4. The van der Waals surface area contributed by atoms with Crippen LogP contribution in [0.25, 0.3) is 0 Å². The number of aliphatic carboxylic acids is 1. The van der Waals surface area contributed by atoms with E-state index >= 15 is 0 Å². The molecule has 1 fully saturated rings. The van der Waals surface area contributed by atoms with E-state index in [1.54, 1.807) is 14.0 Å². The summed E-state index contributed by atoms with van der Waals surface area (Å²) in [7, 11) is 1.60. The van der Waals surface area contributed by atoms with Crippen LogP contribution >= 0.6 is 0 Å². The zero-order valence-corrected chi connectivity index (χ0v) is 11.5. The maximum atomic E-state index is 12.6. The van der Waals surface area contributed by atoms with Crippen LogP contribution in [-0.2, 0) is 9.59 Å².